The molecule has 2 saturated heterocycles. The van der Waals surface area contributed by atoms with Gasteiger partial charge >= 0.3 is 5.97 Å². The smallest absolute Gasteiger partial charge is 0.315 e. The van der Waals surface area contributed by atoms with E-state index in [1.54, 1.807) is 0 Å². The molecule has 2 aliphatic rings. The summed E-state index contributed by atoms with van der Waals surface area (Å²) in [4.78, 5) is 14.9. The second-order valence-electron chi connectivity index (χ2n) is 5.58. The summed E-state index contributed by atoms with van der Waals surface area (Å²) in [6, 6.07) is 9.84. The van der Waals surface area contributed by atoms with Crippen molar-refractivity contribution in [2.45, 2.75) is 38.1 Å². The highest BCUT2D eigenvalue weighted by atomic mass is 16.5. The summed E-state index contributed by atoms with van der Waals surface area (Å²) in [6.07, 6.45) is 5.76. The highest BCUT2D eigenvalue weighted by molar-refractivity contribution is 5.76. The molecule has 2 heterocycles. The largest absolute Gasteiger partial charge is 0.426 e. The third-order valence-corrected chi connectivity index (χ3v) is 4.35. The van der Waals surface area contributed by atoms with E-state index in [0.29, 0.717) is 11.8 Å². The third kappa shape index (κ3) is 2.81. The molecule has 102 valence electrons. The summed E-state index contributed by atoms with van der Waals surface area (Å²) in [5.41, 5.74) is 0. The van der Waals surface area contributed by atoms with Crippen LogP contribution in [0.15, 0.2) is 30.3 Å². The summed E-state index contributed by atoms with van der Waals surface area (Å²) in [7, 11) is 0. The van der Waals surface area contributed by atoms with Crippen LogP contribution in [-0.4, -0.2) is 30.0 Å². The molecule has 0 amide bonds. The monoisotopic (exact) mass is 259 g/mol. The first kappa shape index (κ1) is 12.7. The number of ether oxygens (including phenoxy) is 1. The predicted molar refractivity (Wildman–Crippen MR) is 74.0 cm³/mol. The minimum atomic E-state index is -0.0391. The highest BCUT2D eigenvalue weighted by Crippen LogP contribution is 2.31. The molecule has 2 fully saturated rings. The number of carbonyl (C=O) groups is 1. The van der Waals surface area contributed by atoms with Crippen LogP contribution in [0.3, 0.4) is 0 Å². The Morgan fingerprint density at radius 3 is 2.68 bits per heavy atom. The Morgan fingerprint density at radius 1 is 1.05 bits per heavy atom. The Hall–Kier alpha value is -1.35. The molecule has 2 atom stereocenters. The molecule has 1 aromatic carbocycles. The van der Waals surface area contributed by atoms with Crippen molar-refractivity contribution in [1.29, 1.82) is 0 Å². The fraction of sp³-hybridized carbons (Fsp3) is 0.562. The SMILES string of the molecule is O=C(Oc1ccccc1)[C@@H]1CCCN2CCCC[C@@H]12. The molecule has 0 unspecified atom stereocenters. The number of hydrogen-bond acceptors (Lipinski definition) is 3. The van der Waals surface area contributed by atoms with Crippen molar-refractivity contribution in [1.82, 2.24) is 4.90 Å². The normalized spacial score (nSPS) is 27.6. The third-order valence-electron chi connectivity index (χ3n) is 4.35. The van der Waals surface area contributed by atoms with Gasteiger partial charge in [0.05, 0.1) is 5.92 Å². The Bertz CT molecular complexity index is 430. The van der Waals surface area contributed by atoms with Gasteiger partial charge in [-0.25, -0.2) is 0 Å². The lowest BCUT2D eigenvalue weighted by atomic mass is 9.83. The molecular weight excluding hydrogens is 238 g/mol. The summed E-state index contributed by atoms with van der Waals surface area (Å²) < 4.78 is 5.54. The molecule has 19 heavy (non-hydrogen) atoms. The van der Waals surface area contributed by atoms with Gasteiger partial charge in [-0.05, 0) is 50.9 Å². The van der Waals surface area contributed by atoms with Crippen LogP contribution in [0, 0.1) is 5.92 Å². The summed E-state index contributed by atoms with van der Waals surface area (Å²) in [5.74, 6) is 0.692. The number of fused-ring (bicyclic) bond motifs is 1. The van der Waals surface area contributed by atoms with Crippen molar-refractivity contribution < 1.29 is 9.53 Å². The zero-order valence-electron chi connectivity index (χ0n) is 11.3. The van der Waals surface area contributed by atoms with Gasteiger partial charge in [0.25, 0.3) is 0 Å². The second kappa shape index (κ2) is 5.74. The van der Waals surface area contributed by atoms with Crippen LogP contribution in [-0.2, 0) is 4.79 Å². The van der Waals surface area contributed by atoms with Crippen LogP contribution in [0.2, 0.25) is 0 Å². The van der Waals surface area contributed by atoms with Crippen molar-refractivity contribution >= 4 is 5.97 Å². The Labute approximate surface area is 114 Å². The van der Waals surface area contributed by atoms with Crippen LogP contribution < -0.4 is 4.74 Å². The number of piperidine rings is 2. The maximum Gasteiger partial charge on any atom is 0.315 e. The second-order valence-corrected chi connectivity index (χ2v) is 5.58. The van der Waals surface area contributed by atoms with E-state index in [-0.39, 0.29) is 11.9 Å². The molecule has 0 radical (unpaired) electrons. The van der Waals surface area contributed by atoms with E-state index >= 15 is 0 Å². The molecule has 3 heteroatoms. The van der Waals surface area contributed by atoms with Crippen LogP contribution >= 0.6 is 0 Å². The van der Waals surface area contributed by atoms with Crippen LogP contribution in [0.5, 0.6) is 5.75 Å². The zero-order valence-corrected chi connectivity index (χ0v) is 11.3. The van der Waals surface area contributed by atoms with Gasteiger partial charge in [-0.3, -0.25) is 9.69 Å². The molecule has 0 N–H and O–H groups in total. The summed E-state index contributed by atoms with van der Waals surface area (Å²) in [5, 5.41) is 0. The Balaban J connectivity index is 1.68. The molecule has 3 nitrogen and oxygen atoms in total. The Kier molecular flexibility index (Phi) is 3.83. The molecule has 0 aliphatic carbocycles. The molecule has 0 bridgehead atoms. The molecule has 1 aromatic rings. The fourth-order valence-corrected chi connectivity index (χ4v) is 3.41. The topological polar surface area (TPSA) is 29.5 Å². The van der Waals surface area contributed by atoms with Gasteiger partial charge < -0.3 is 4.74 Å². The van der Waals surface area contributed by atoms with E-state index in [4.69, 9.17) is 4.74 Å². The van der Waals surface area contributed by atoms with Gasteiger partial charge in [-0.1, -0.05) is 24.6 Å². The molecule has 0 saturated carbocycles. The van der Waals surface area contributed by atoms with E-state index in [1.807, 2.05) is 30.3 Å². The van der Waals surface area contributed by atoms with E-state index < -0.39 is 0 Å². The lowest BCUT2D eigenvalue weighted by molar-refractivity contribution is -0.144. The van der Waals surface area contributed by atoms with Crippen LogP contribution in [0.25, 0.3) is 0 Å². The van der Waals surface area contributed by atoms with Crippen molar-refractivity contribution in [3.05, 3.63) is 30.3 Å². The van der Waals surface area contributed by atoms with Gasteiger partial charge in [0.1, 0.15) is 5.75 Å². The molecule has 0 spiro atoms. The summed E-state index contributed by atoms with van der Waals surface area (Å²) >= 11 is 0. The predicted octanol–water partition coefficient (Wildman–Crippen LogP) is 2.86. The number of nitrogens with zero attached hydrogens (tertiary/aromatic N) is 1. The Morgan fingerprint density at radius 2 is 1.84 bits per heavy atom. The minimum absolute atomic E-state index is 0.0391. The van der Waals surface area contributed by atoms with Gasteiger partial charge in [-0.2, -0.15) is 0 Å². The number of para-hydroxylation sites is 1. The van der Waals surface area contributed by atoms with Crippen molar-refractivity contribution in [3.63, 3.8) is 0 Å². The van der Waals surface area contributed by atoms with Crippen molar-refractivity contribution in [3.8, 4) is 5.75 Å². The van der Waals surface area contributed by atoms with E-state index in [2.05, 4.69) is 4.90 Å². The first-order valence-electron chi connectivity index (χ1n) is 7.35. The first-order chi connectivity index (χ1) is 9.34. The van der Waals surface area contributed by atoms with E-state index in [9.17, 15) is 4.79 Å². The lowest BCUT2D eigenvalue weighted by Crippen LogP contribution is -2.51. The molecule has 2 aliphatic heterocycles. The standard InChI is InChI=1S/C16H21NO2/c18-16(19-13-7-2-1-3-8-13)14-9-6-12-17-11-5-4-10-15(14)17/h1-3,7-8,14-15H,4-6,9-12H2/t14-,15+/m1/s1. The van der Waals surface area contributed by atoms with E-state index in [0.717, 1.165) is 32.4 Å². The molecule has 3 rings (SSSR count). The van der Waals surface area contributed by atoms with Gasteiger partial charge in [-0.15, -0.1) is 0 Å². The van der Waals surface area contributed by atoms with Crippen molar-refractivity contribution in [2.75, 3.05) is 13.1 Å². The maximum absolute atomic E-state index is 12.4. The quantitative estimate of drug-likeness (QED) is 0.604. The van der Waals surface area contributed by atoms with Gasteiger partial charge in [0.2, 0.25) is 0 Å². The van der Waals surface area contributed by atoms with Gasteiger partial charge in [0.15, 0.2) is 0 Å². The average molecular weight is 259 g/mol. The number of hydrogen-bond donors (Lipinski definition) is 0. The van der Waals surface area contributed by atoms with Gasteiger partial charge in [0, 0.05) is 6.04 Å². The lowest BCUT2D eigenvalue weighted by Gasteiger charge is -2.43. The maximum atomic E-state index is 12.4. The minimum Gasteiger partial charge on any atom is -0.426 e. The summed E-state index contributed by atoms with van der Waals surface area (Å²) in [6.45, 7) is 2.31. The number of carbonyl (C=O) groups excluding carboxylic acids is 1. The highest BCUT2D eigenvalue weighted by Gasteiger charge is 2.38. The number of benzene rings is 1. The van der Waals surface area contributed by atoms with Crippen LogP contribution in [0.1, 0.15) is 32.1 Å². The first-order valence-corrected chi connectivity index (χ1v) is 7.35. The molecule has 0 aromatic heterocycles. The van der Waals surface area contributed by atoms with Crippen molar-refractivity contribution in [2.24, 2.45) is 5.92 Å². The number of rotatable bonds is 2. The van der Waals surface area contributed by atoms with E-state index in [1.165, 1.54) is 12.8 Å². The number of esters is 1. The fourth-order valence-electron chi connectivity index (χ4n) is 3.41. The average Bonchev–Trinajstić information content (AvgIpc) is 2.47. The zero-order chi connectivity index (χ0) is 13.1. The molecular formula is C16H21NO2. The van der Waals surface area contributed by atoms with Crippen LogP contribution in [0.4, 0.5) is 0 Å².